The van der Waals surface area contributed by atoms with Crippen molar-refractivity contribution in [1.29, 1.82) is 0 Å². The summed E-state index contributed by atoms with van der Waals surface area (Å²) in [4.78, 5) is 12.1. The van der Waals surface area contributed by atoms with Crippen molar-refractivity contribution in [3.8, 4) is 22.4 Å². The topological polar surface area (TPSA) is 48.0 Å². The van der Waals surface area contributed by atoms with Crippen LogP contribution >= 0.6 is 0 Å². The Hall–Kier alpha value is -4.11. The molecule has 1 aromatic heterocycles. The lowest BCUT2D eigenvalue weighted by atomic mass is 10.0. The number of carbonyl (C=O) groups is 1. The first kappa shape index (κ1) is 19.8. The Morgan fingerprint density at radius 2 is 1.38 bits per heavy atom. The van der Waals surface area contributed by atoms with Crippen LogP contribution in [0.1, 0.15) is 21.6 Å². The molecule has 156 valence electrons. The van der Waals surface area contributed by atoms with E-state index in [9.17, 15) is 4.79 Å². The average Bonchev–Trinajstić information content (AvgIpc) is 3.16. The Bertz CT molecular complexity index is 1410. The molecule has 0 saturated heterocycles. The molecule has 2 N–H and O–H groups in total. The summed E-state index contributed by atoms with van der Waals surface area (Å²) in [6.07, 6.45) is 0. The second kappa shape index (κ2) is 8.20. The molecule has 0 aliphatic carbocycles. The highest BCUT2D eigenvalue weighted by atomic mass is 16.1. The molecule has 5 rings (SSSR count). The average molecular weight is 417 g/mol. The van der Waals surface area contributed by atoms with Crippen LogP contribution in [0, 0.1) is 6.92 Å². The van der Waals surface area contributed by atoms with Gasteiger partial charge in [-0.3, -0.25) is 4.79 Å². The second-order valence-electron chi connectivity index (χ2n) is 8.06. The van der Waals surface area contributed by atoms with Gasteiger partial charge in [-0.2, -0.15) is 0 Å². The minimum atomic E-state index is -0.402. The predicted molar refractivity (Wildman–Crippen MR) is 132 cm³/mol. The summed E-state index contributed by atoms with van der Waals surface area (Å²) in [5, 5.41) is 2.42. The quantitative estimate of drug-likeness (QED) is 0.352. The third kappa shape index (κ3) is 3.58. The molecular formula is C29H24N2O. The SMILES string of the molecule is Cc1c(C(N)=O)cc(-c2ccc(-c3ccccc3)cc2)n1Cc1cccc2ccccc12. The molecule has 32 heavy (non-hydrogen) atoms. The highest BCUT2D eigenvalue weighted by Gasteiger charge is 2.17. The van der Waals surface area contributed by atoms with E-state index < -0.39 is 5.91 Å². The number of hydrogen-bond acceptors (Lipinski definition) is 1. The summed E-state index contributed by atoms with van der Waals surface area (Å²) in [6, 6.07) is 35.4. The molecule has 0 aliphatic heterocycles. The lowest BCUT2D eigenvalue weighted by molar-refractivity contribution is 0.0999. The number of nitrogens with zero attached hydrogens (tertiary/aromatic N) is 1. The van der Waals surface area contributed by atoms with Gasteiger partial charge in [0.15, 0.2) is 0 Å². The smallest absolute Gasteiger partial charge is 0.250 e. The molecule has 0 atom stereocenters. The number of rotatable bonds is 5. The number of hydrogen-bond donors (Lipinski definition) is 1. The molecule has 0 bridgehead atoms. The maximum atomic E-state index is 12.1. The van der Waals surface area contributed by atoms with Gasteiger partial charge in [0, 0.05) is 17.9 Å². The van der Waals surface area contributed by atoms with E-state index in [1.165, 1.54) is 21.9 Å². The number of benzene rings is 4. The van der Waals surface area contributed by atoms with Crippen LogP contribution in [0.25, 0.3) is 33.2 Å². The van der Waals surface area contributed by atoms with Gasteiger partial charge in [-0.15, -0.1) is 0 Å². The van der Waals surface area contributed by atoms with E-state index in [4.69, 9.17) is 5.73 Å². The van der Waals surface area contributed by atoms with Crippen LogP contribution < -0.4 is 5.73 Å². The van der Waals surface area contributed by atoms with Crippen molar-refractivity contribution in [3.05, 3.63) is 120 Å². The highest BCUT2D eigenvalue weighted by Crippen LogP contribution is 2.30. The molecule has 0 unspecified atom stereocenters. The Morgan fingerprint density at radius 1 is 0.750 bits per heavy atom. The van der Waals surface area contributed by atoms with Crippen LogP contribution in [0.5, 0.6) is 0 Å². The molecule has 5 aromatic rings. The number of amides is 1. The van der Waals surface area contributed by atoms with Crippen LogP contribution in [0.4, 0.5) is 0 Å². The summed E-state index contributed by atoms with van der Waals surface area (Å²) in [5.41, 5.74) is 12.7. The van der Waals surface area contributed by atoms with Crippen LogP contribution in [-0.2, 0) is 6.54 Å². The van der Waals surface area contributed by atoms with Crippen molar-refractivity contribution in [1.82, 2.24) is 4.57 Å². The Balaban J connectivity index is 1.60. The number of carbonyl (C=O) groups excluding carboxylic acids is 1. The van der Waals surface area contributed by atoms with Gasteiger partial charge in [0.1, 0.15) is 0 Å². The summed E-state index contributed by atoms with van der Waals surface area (Å²) in [5.74, 6) is -0.402. The van der Waals surface area contributed by atoms with E-state index in [0.29, 0.717) is 12.1 Å². The van der Waals surface area contributed by atoms with Crippen molar-refractivity contribution in [2.24, 2.45) is 5.73 Å². The molecule has 0 spiro atoms. The number of aromatic nitrogens is 1. The number of nitrogens with two attached hydrogens (primary N) is 1. The first-order chi connectivity index (χ1) is 15.6. The maximum absolute atomic E-state index is 12.1. The number of primary amides is 1. The first-order valence-corrected chi connectivity index (χ1v) is 10.7. The lowest BCUT2D eigenvalue weighted by Gasteiger charge is -2.14. The molecule has 0 aliphatic rings. The van der Waals surface area contributed by atoms with Crippen LogP contribution in [0.3, 0.4) is 0 Å². The van der Waals surface area contributed by atoms with E-state index in [2.05, 4.69) is 83.4 Å². The molecule has 0 fully saturated rings. The summed E-state index contributed by atoms with van der Waals surface area (Å²) < 4.78 is 2.19. The molecule has 3 nitrogen and oxygen atoms in total. The van der Waals surface area contributed by atoms with Gasteiger partial charge in [0.2, 0.25) is 0 Å². The second-order valence-corrected chi connectivity index (χ2v) is 8.06. The van der Waals surface area contributed by atoms with Crippen molar-refractivity contribution < 1.29 is 4.79 Å². The van der Waals surface area contributed by atoms with Gasteiger partial charge in [-0.25, -0.2) is 0 Å². The molecule has 0 radical (unpaired) electrons. The monoisotopic (exact) mass is 416 g/mol. The fourth-order valence-electron chi connectivity index (χ4n) is 4.40. The minimum Gasteiger partial charge on any atom is -0.366 e. The van der Waals surface area contributed by atoms with Gasteiger partial charge in [0.25, 0.3) is 5.91 Å². The predicted octanol–water partition coefficient (Wildman–Crippen LogP) is 6.43. The third-order valence-electron chi connectivity index (χ3n) is 6.13. The Kier molecular flexibility index (Phi) is 5.08. The largest absolute Gasteiger partial charge is 0.366 e. The molecule has 1 amide bonds. The molecular weight excluding hydrogens is 392 g/mol. The molecule has 3 heteroatoms. The zero-order valence-electron chi connectivity index (χ0n) is 18.0. The third-order valence-corrected chi connectivity index (χ3v) is 6.13. The highest BCUT2D eigenvalue weighted by molar-refractivity contribution is 5.96. The fraction of sp³-hybridized carbons (Fsp3) is 0.0690. The van der Waals surface area contributed by atoms with Gasteiger partial charge in [-0.1, -0.05) is 97.1 Å². The van der Waals surface area contributed by atoms with Crippen molar-refractivity contribution in [3.63, 3.8) is 0 Å². The van der Waals surface area contributed by atoms with Crippen molar-refractivity contribution in [2.75, 3.05) is 0 Å². The van der Waals surface area contributed by atoms with Crippen molar-refractivity contribution >= 4 is 16.7 Å². The van der Waals surface area contributed by atoms with E-state index in [-0.39, 0.29) is 0 Å². The minimum absolute atomic E-state index is 0.402. The molecule has 0 saturated carbocycles. The summed E-state index contributed by atoms with van der Waals surface area (Å²) in [7, 11) is 0. The van der Waals surface area contributed by atoms with E-state index in [1.54, 1.807) is 0 Å². The standard InChI is InChI=1S/C29H24N2O/c1-20-27(29(30)32)18-28(24-16-14-22(15-17-24)21-8-3-2-4-9-21)31(20)19-25-12-7-11-23-10-5-6-13-26(23)25/h2-18H,19H2,1H3,(H2,30,32). The molecule has 1 heterocycles. The van der Waals surface area contributed by atoms with Gasteiger partial charge in [-0.05, 0) is 46.0 Å². The van der Waals surface area contributed by atoms with Crippen molar-refractivity contribution in [2.45, 2.75) is 13.5 Å². The van der Waals surface area contributed by atoms with E-state index in [1.807, 2.05) is 31.2 Å². The van der Waals surface area contributed by atoms with Gasteiger partial charge >= 0.3 is 0 Å². The molecule has 4 aromatic carbocycles. The zero-order valence-corrected chi connectivity index (χ0v) is 18.0. The lowest BCUT2D eigenvalue weighted by Crippen LogP contribution is -2.12. The fourth-order valence-corrected chi connectivity index (χ4v) is 4.40. The normalized spacial score (nSPS) is 11.0. The number of fused-ring (bicyclic) bond motifs is 1. The summed E-state index contributed by atoms with van der Waals surface area (Å²) >= 11 is 0. The van der Waals surface area contributed by atoms with Crippen LogP contribution in [-0.4, -0.2) is 10.5 Å². The van der Waals surface area contributed by atoms with Crippen LogP contribution in [0.2, 0.25) is 0 Å². The van der Waals surface area contributed by atoms with Gasteiger partial charge in [0.05, 0.1) is 5.56 Å². The zero-order chi connectivity index (χ0) is 22.1. The van der Waals surface area contributed by atoms with Gasteiger partial charge < -0.3 is 10.3 Å². The Labute approximate surface area is 187 Å². The summed E-state index contributed by atoms with van der Waals surface area (Å²) in [6.45, 7) is 2.63. The van der Waals surface area contributed by atoms with E-state index >= 15 is 0 Å². The van der Waals surface area contributed by atoms with E-state index in [0.717, 1.165) is 22.5 Å². The maximum Gasteiger partial charge on any atom is 0.250 e. The Morgan fingerprint density at radius 3 is 2.12 bits per heavy atom. The first-order valence-electron chi connectivity index (χ1n) is 10.7. The van der Waals surface area contributed by atoms with Crippen LogP contribution in [0.15, 0.2) is 103 Å².